The van der Waals surface area contributed by atoms with Crippen molar-refractivity contribution in [2.24, 2.45) is 0 Å². The third-order valence-corrected chi connectivity index (χ3v) is 5.54. The van der Waals surface area contributed by atoms with E-state index < -0.39 is 10.0 Å². The van der Waals surface area contributed by atoms with Crippen molar-refractivity contribution in [2.45, 2.75) is 24.6 Å². The number of benzene rings is 1. The summed E-state index contributed by atoms with van der Waals surface area (Å²) in [4.78, 5) is 0. The molecule has 1 fully saturated rings. The van der Waals surface area contributed by atoms with E-state index in [9.17, 15) is 8.42 Å². The average Bonchev–Trinajstić information content (AvgIpc) is 3.05. The monoisotopic (exact) mass is 303 g/mol. The average molecular weight is 304 g/mol. The van der Waals surface area contributed by atoms with Gasteiger partial charge in [0.2, 0.25) is 10.0 Å². The third-order valence-electron chi connectivity index (χ3n) is 2.70. The van der Waals surface area contributed by atoms with E-state index >= 15 is 0 Å². The number of hydrogen-bond donors (Lipinski definition) is 0. The summed E-state index contributed by atoms with van der Waals surface area (Å²) in [5.41, 5.74) is 1.01. The molecule has 2 rings (SSSR count). The number of sulfonamides is 1. The van der Waals surface area contributed by atoms with Gasteiger partial charge in [0, 0.05) is 18.1 Å². The summed E-state index contributed by atoms with van der Waals surface area (Å²) in [5.74, 6) is 0. The summed E-state index contributed by atoms with van der Waals surface area (Å²) >= 11 is 3.35. The van der Waals surface area contributed by atoms with Crippen molar-refractivity contribution >= 4 is 26.0 Å². The summed E-state index contributed by atoms with van der Waals surface area (Å²) in [6, 6.07) is 7.71. The maximum atomic E-state index is 11.9. The fourth-order valence-corrected chi connectivity index (χ4v) is 3.39. The van der Waals surface area contributed by atoms with Crippen LogP contribution < -0.4 is 0 Å². The second-order valence-electron chi connectivity index (χ2n) is 4.13. The molecule has 88 valence electrons. The van der Waals surface area contributed by atoms with Gasteiger partial charge in [-0.05, 0) is 30.5 Å². The Bertz CT molecular complexity index is 465. The molecule has 0 spiro atoms. The maximum absolute atomic E-state index is 11.9. The summed E-state index contributed by atoms with van der Waals surface area (Å²) in [6.45, 7) is 0.451. The molecule has 3 nitrogen and oxygen atoms in total. The molecule has 0 aliphatic heterocycles. The van der Waals surface area contributed by atoms with Crippen LogP contribution in [-0.4, -0.2) is 25.0 Å². The van der Waals surface area contributed by atoms with Gasteiger partial charge in [0.25, 0.3) is 0 Å². The smallest absolute Gasteiger partial charge is 0.212 e. The van der Waals surface area contributed by atoms with Crippen LogP contribution in [0.15, 0.2) is 28.7 Å². The highest BCUT2D eigenvalue weighted by molar-refractivity contribution is 9.10. The highest BCUT2D eigenvalue weighted by Gasteiger charge is 2.38. The van der Waals surface area contributed by atoms with E-state index in [1.165, 1.54) is 4.31 Å². The van der Waals surface area contributed by atoms with Gasteiger partial charge in [-0.15, -0.1) is 0 Å². The van der Waals surface area contributed by atoms with Crippen LogP contribution in [0.4, 0.5) is 0 Å². The number of halogens is 1. The van der Waals surface area contributed by atoms with Crippen molar-refractivity contribution in [3.05, 3.63) is 34.3 Å². The van der Waals surface area contributed by atoms with Gasteiger partial charge in [-0.25, -0.2) is 12.7 Å². The summed E-state index contributed by atoms with van der Waals surface area (Å²) in [6.07, 6.45) is 1.63. The molecular formula is C11H14BrNO2S. The van der Waals surface area contributed by atoms with Gasteiger partial charge in [-0.1, -0.05) is 28.1 Å². The number of hydrogen-bond acceptors (Lipinski definition) is 2. The lowest BCUT2D eigenvalue weighted by molar-refractivity contribution is 0.465. The molecule has 16 heavy (non-hydrogen) atoms. The summed E-state index contributed by atoms with van der Waals surface area (Å²) in [7, 11) is -1.40. The fraction of sp³-hybridized carbons (Fsp3) is 0.455. The minimum Gasteiger partial charge on any atom is -0.212 e. The maximum Gasteiger partial charge on any atom is 0.217 e. The second-order valence-corrected chi connectivity index (χ2v) is 7.36. The molecule has 0 atom stereocenters. The molecule has 0 N–H and O–H groups in total. The van der Waals surface area contributed by atoms with Crippen molar-refractivity contribution < 1.29 is 8.42 Å². The molecule has 1 aromatic rings. The SMILES string of the molecule is CN(Cc1ccc(Br)cc1)S(=O)(=O)C1CC1. The van der Waals surface area contributed by atoms with E-state index in [0.29, 0.717) is 6.54 Å². The predicted molar refractivity (Wildman–Crippen MR) is 67.6 cm³/mol. The molecule has 5 heteroatoms. The Kier molecular flexibility index (Phi) is 3.37. The van der Waals surface area contributed by atoms with Crippen LogP contribution in [0.3, 0.4) is 0 Å². The quantitative estimate of drug-likeness (QED) is 0.856. The molecule has 0 heterocycles. The minimum absolute atomic E-state index is 0.132. The number of nitrogens with zero attached hydrogens (tertiary/aromatic N) is 1. The van der Waals surface area contributed by atoms with E-state index in [1.54, 1.807) is 7.05 Å². The first-order chi connectivity index (χ1) is 7.50. The van der Waals surface area contributed by atoms with Crippen LogP contribution >= 0.6 is 15.9 Å². The van der Waals surface area contributed by atoms with Crippen LogP contribution in [0.1, 0.15) is 18.4 Å². The first-order valence-corrected chi connectivity index (χ1v) is 7.49. The predicted octanol–water partition coefficient (Wildman–Crippen LogP) is 2.37. The Balaban J connectivity index is 2.07. The van der Waals surface area contributed by atoms with Crippen molar-refractivity contribution in [1.29, 1.82) is 0 Å². The molecule has 1 aliphatic rings. The molecule has 0 unspecified atom stereocenters. The normalized spacial score (nSPS) is 16.7. The Morgan fingerprint density at radius 2 is 1.88 bits per heavy atom. The van der Waals surface area contributed by atoms with E-state index in [2.05, 4.69) is 15.9 Å². The van der Waals surface area contributed by atoms with E-state index in [1.807, 2.05) is 24.3 Å². The molecule has 1 aromatic carbocycles. The first kappa shape index (κ1) is 12.1. The van der Waals surface area contributed by atoms with Gasteiger partial charge in [0.15, 0.2) is 0 Å². The molecular weight excluding hydrogens is 290 g/mol. The first-order valence-electron chi connectivity index (χ1n) is 5.20. The second kappa shape index (κ2) is 4.47. The zero-order valence-electron chi connectivity index (χ0n) is 9.06. The van der Waals surface area contributed by atoms with Crippen LogP contribution in [0.5, 0.6) is 0 Å². The Hall–Kier alpha value is -0.390. The Morgan fingerprint density at radius 1 is 1.31 bits per heavy atom. The van der Waals surface area contributed by atoms with Gasteiger partial charge in [-0.2, -0.15) is 0 Å². The van der Waals surface area contributed by atoms with Crippen LogP contribution in [0.2, 0.25) is 0 Å². The molecule has 1 saturated carbocycles. The molecule has 0 amide bonds. The molecule has 0 saturated heterocycles. The van der Waals surface area contributed by atoms with E-state index in [-0.39, 0.29) is 5.25 Å². The van der Waals surface area contributed by atoms with Crippen LogP contribution in [0.25, 0.3) is 0 Å². The fourth-order valence-electron chi connectivity index (χ4n) is 1.56. The van der Waals surface area contributed by atoms with E-state index in [0.717, 1.165) is 22.9 Å². The zero-order chi connectivity index (χ0) is 11.8. The third kappa shape index (κ3) is 2.64. The van der Waals surface area contributed by atoms with Gasteiger partial charge >= 0.3 is 0 Å². The van der Waals surface area contributed by atoms with Crippen LogP contribution in [-0.2, 0) is 16.6 Å². The van der Waals surface area contributed by atoms with Crippen LogP contribution in [0, 0.1) is 0 Å². The largest absolute Gasteiger partial charge is 0.217 e. The van der Waals surface area contributed by atoms with Crippen molar-refractivity contribution in [3.63, 3.8) is 0 Å². The summed E-state index contributed by atoms with van der Waals surface area (Å²) in [5, 5.41) is -0.132. The highest BCUT2D eigenvalue weighted by atomic mass is 79.9. The Morgan fingerprint density at radius 3 is 2.38 bits per heavy atom. The molecule has 0 radical (unpaired) electrons. The van der Waals surface area contributed by atoms with Gasteiger partial charge < -0.3 is 0 Å². The van der Waals surface area contributed by atoms with Crippen molar-refractivity contribution in [2.75, 3.05) is 7.05 Å². The zero-order valence-corrected chi connectivity index (χ0v) is 11.5. The minimum atomic E-state index is -3.05. The topological polar surface area (TPSA) is 37.4 Å². The summed E-state index contributed by atoms with van der Waals surface area (Å²) < 4.78 is 26.2. The lowest BCUT2D eigenvalue weighted by Gasteiger charge is -2.16. The Labute approximate surface area is 105 Å². The molecule has 1 aliphatic carbocycles. The van der Waals surface area contributed by atoms with Gasteiger partial charge in [0.05, 0.1) is 5.25 Å². The van der Waals surface area contributed by atoms with Gasteiger partial charge in [-0.3, -0.25) is 0 Å². The lowest BCUT2D eigenvalue weighted by Crippen LogP contribution is -2.29. The lowest BCUT2D eigenvalue weighted by atomic mass is 10.2. The highest BCUT2D eigenvalue weighted by Crippen LogP contribution is 2.31. The molecule has 0 bridgehead atoms. The van der Waals surface area contributed by atoms with Crippen molar-refractivity contribution in [3.8, 4) is 0 Å². The number of rotatable bonds is 4. The van der Waals surface area contributed by atoms with Gasteiger partial charge in [0.1, 0.15) is 0 Å². The van der Waals surface area contributed by atoms with Crippen molar-refractivity contribution in [1.82, 2.24) is 4.31 Å². The van der Waals surface area contributed by atoms with E-state index in [4.69, 9.17) is 0 Å². The molecule has 0 aromatic heterocycles. The standard InChI is InChI=1S/C11H14BrNO2S/c1-13(16(14,15)11-6-7-11)8-9-2-4-10(12)5-3-9/h2-5,11H,6-8H2,1H3.